The van der Waals surface area contributed by atoms with Crippen LogP contribution in [0.4, 0.5) is 9.59 Å². The van der Waals surface area contributed by atoms with Crippen LogP contribution in [-0.4, -0.2) is 58.2 Å². The fourth-order valence-electron chi connectivity index (χ4n) is 3.71. The SMILES string of the molecule is C=C[C@@H]1CC(C(=O)OC(C)(C)C)N(C(=O)OC(C)(C)C)C1CCC(C)C=NC(=O)OC(C)(C)C. The number of hydrogen-bond acceptors (Lipinski definition) is 6. The number of esters is 1. The molecule has 1 fully saturated rings. The Hall–Kier alpha value is -2.38. The lowest BCUT2D eigenvalue weighted by molar-refractivity contribution is -0.160. The first kappa shape index (κ1) is 29.7. The minimum absolute atomic E-state index is 0.0425. The van der Waals surface area contributed by atoms with Gasteiger partial charge in [-0.2, -0.15) is 4.99 Å². The second kappa shape index (κ2) is 11.4. The molecule has 8 heteroatoms. The van der Waals surface area contributed by atoms with Gasteiger partial charge in [0.25, 0.3) is 0 Å². The lowest BCUT2D eigenvalue weighted by Gasteiger charge is -2.33. The fraction of sp³-hybridized carbons (Fsp3) is 0.769. The van der Waals surface area contributed by atoms with E-state index in [1.54, 1.807) is 74.6 Å². The van der Waals surface area contributed by atoms with Crippen LogP contribution in [0.15, 0.2) is 17.6 Å². The van der Waals surface area contributed by atoms with Gasteiger partial charge in [-0.05, 0) is 93.4 Å². The van der Waals surface area contributed by atoms with Gasteiger partial charge in [0.2, 0.25) is 0 Å². The third-order valence-electron chi connectivity index (χ3n) is 5.01. The molecule has 4 atom stereocenters. The minimum atomic E-state index is -0.757. The Morgan fingerprint density at radius 2 is 1.50 bits per heavy atom. The molecular weight excluding hydrogens is 436 g/mol. The average Bonchev–Trinajstić information content (AvgIpc) is 2.99. The Bertz CT molecular complexity index is 770. The molecule has 0 aromatic heterocycles. The molecule has 2 amide bonds. The normalized spacial score (nSPS) is 22.4. The van der Waals surface area contributed by atoms with E-state index in [-0.39, 0.29) is 17.9 Å². The molecule has 0 bridgehead atoms. The lowest BCUT2D eigenvalue weighted by atomic mass is 9.93. The monoisotopic (exact) mass is 480 g/mol. The maximum absolute atomic E-state index is 13.2. The molecule has 0 aliphatic carbocycles. The highest BCUT2D eigenvalue weighted by Crippen LogP contribution is 2.36. The van der Waals surface area contributed by atoms with E-state index in [4.69, 9.17) is 14.2 Å². The lowest BCUT2D eigenvalue weighted by Crippen LogP contribution is -2.49. The zero-order chi connectivity index (χ0) is 26.5. The summed E-state index contributed by atoms with van der Waals surface area (Å²) in [4.78, 5) is 43.5. The van der Waals surface area contributed by atoms with Gasteiger partial charge >= 0.3 is 18.2 Å². The van der Waals surface area contributed by atoms with E-state index in [2.05, 4.69) is 11.6 Å². The zero-order valence-corrected chi connectivity index (χ0v) is 22.6. The third kappa shape index (κ3) is 10.3. The van der Waals surface area contributed by atoms with E-state index in [0.29, 0.717) is 19.3 Å². The van der Waals surface area contributed by atoms with Crippen LogP contribution in [0.3, 0.4) is 0 Å². The Labute approximate surface area is 205 Å². The molecule has 1 saturated heterocycles. The van der Waals surface area contributed by atoms with Crippen LogP contribution < -0.4 is 0 Å². The zero-order valence-electron chi connectivity index (χ0n) is 22.6. The molecule has 0 N–H and O–H groups in total. The van der Waals surface area contributed by atoms with Gasteiger partial charge in [-0.3, -0.25) is 4.90 Å². The molecule has 1 aliphatic heterocycles. The van der Waals surface area contributed by atoms with Crippen molar-refractivity contribution in [2.45, 2.75) is 117 Å². The summed E-state index contributed by atoms with van der Waals surface area (Å²) in [5, 5.41) is 0. The van der Waals surface area contributed by atoms with E-state index in [1.165, 1.54) is 4.90 Å². The Morgan fingerprint density at radius 3 is 1.97 bits per heavy atom. The molecule has 1 rings (SSSR count). The maximum atomic E-state index is 13.2. The predicted molar refractivity (Wildman–Crippen MR) is 133 cm³/mol. The van der Waals surface area contributed by atoms with Crippen molar-refractivity contribution in [2.24, 2.45) is 16.8 Å². The molecule has 194 valence electrons. The Morgan fingerprint density at radius 1 is 0.971 bits per heavy atom. The topological polar surface area (TPSA) is 94.5 Å². The average molecular weight is 481 g/mol. The molecule has 3 unspecified atom stereocenters. The number of carbonyl (C=O) groups excluding carboxylic acids is 3. The molecule has 0 saturated carbocycles. The molecule has 8 nitrogen and oxygen atoms in total. The van der Waals surface area contributed by atoms with Gasteiger partial charge in [-0.25, -0.2) is 14.4 Å². The van der Waals surface area contributed by atoms with Gasteiger partial charge in [0, 0.05) is 12.3 Å². The quantitative estimate of drug-likeness (QED) is 0.202. The molecule has 34 heavy (non-hydrogen) atoms. The van der Waals surface area contributed by atoms with E-state index >= 15 is 0 Å². The third-order valence-corrected chi connectivity index (χ3v) is 5.01. The molecule has 1 aliphatic rings. The van der Waals surface area contributed by atoms with E-state index in [1.807, 2.05) is 6.92 Å². The summed E-state index contributed by atoms with van der Waals surface area (Å²) in [5.74, 6) is -0.591. The van der Waals surface area contributed by atoms with E-state index in [0.717, 1.165) is 0 Å². The van der Waals surface area contributed by atoms with Crippen molar-refractivity contribution in [1.29, 1.82) is 0 Å². The number of aliphatic imine (C=N–C) groups is 1. The van der Waals surface area contributed by atoms with Crippen LogP contribution in [0.5, 0.6) is 0 Å². The molecule has 0 aromatic rings. The second-order valence-corrected chi connectivity index (χ2v) is 12.0. The number of nitrogens with zero attached hydrogens (tertiary/aromatic N) is 2. The summed E-state index contributed by atoms with van der Waals surface area (Å²) in [6.07, 6.45) is 3.81. The van der Waals surface area contributed by atoms with Crippen LogP contribution in [0.1, 0.15) is 88.5 Å². The van der Waals surface area contributed by atoms with Crippen molar-refractivity contribution in [3.8, 4) is 0 Å². The Balaban J connectivity index is 3.05. The van der Waals surface area contributed by atoms with Gasteiger partial charge < -0.3 is 14.2 Å². The van der Waals surface area contributed by atoms with E-state index < -0.39 is 41.0 Å². The number of ether oxygens (including phenoxy) is 3. The van der Waals surface area contributed by atoms with Crippen LogP contribution in [0, 0.1) is 11.8 Å². The summed E-state index contributed by atoms with van der Waals surface area (Å²) in [5.41, 5.74) is -1.99. The number of carbonyl (C=O) groups is 3. The molecule has 0 aromatic carbocycles. The van der Waals surface area contributed by atoms with Gasteiger partial charge in [0.05, 0.1) is 0 Å². The summed E-state index contributed by atoms with van der Waals surface area (Å²) in [7, 11) is 0. The highest BCUT2D eigenvalue weighted by molar-refractivity contribution is 5.83. The Kier molecular flexibility index (Phi) is 9.91. The first-order valence-corrected chi connectivity index (χ1v) is 12.0. The van der Waals surface area contributed by atoms with Crippen LogP contribution in [0.2, 0.25) is 0 Å². The van der Waals surface area contributed by atoms with Crippen molar-refractivity contribution in [1.82, 2.24) is 4.90 Å². The van der Waals surface area contributed by atoms with Crippen molar-refractivity contribution in [3.05, 3.63) is 12.7 Å². The first-order chi connectivity index (χ1) is 15.3. The van der Waals surface area contributed by atoms with Crippen LogP contribution >= 0.6 is 0 Å². The summed E-state index contributed by atoms with van der Waals surface area (Å²) in [6.45, 7) is 22.0. The van der Waals surface area contributed by atoms with Gasteiger partial charge in [-0.1, -0.05) is 13.0 Å². The second-order valence-electron chi connectivity index (χ2n) is 12.0. The standard InChI is InChI=1S/C26H44N2O6/c1-12-18-15-20(21(29)32-24(3,4)5)28(23(31)34-26(9,10)11)19(18)14-13-17(2)16-27-22(30)33-25(6,7)8/h12,16-20H,1,13-15H2,2-11H3/t17?,18-,19?,20?/m1/s1. The highest BCUT2D eigenvalue weighted by atomic mass is 16.6. The summed E-state index contributed by atoms with van der Waals surface area (Å²) >= 11 is 0. The van der Waals surface area contributed by atoms with Gasteiger partial charge in [0.1, 0.15) is 22.8 Å². The first-order valence-electron chi connectivity index (χ1n) is 12.0. The predicted octanol–water partition coefficient (Wildman–Crippen LogP) is 5.93. The maximum Gasteiger partial charge on any atom is 0.433 e. The smallest absolute Gasteiger partial charge is 0.433 e. The van der Waals surface area contributed by atoms with Crippen molar-refractivity contribution >= 4 is 24.4 Å². The molecular formula is C26H44N2O6. The number of amides is 2. The van der Waals surface area contributed by atoms with Crippen molar-refractivity contribution in [2.75, 3.05) is 0 Å². The van der Waals surface area contributed by atoms with Crippen LogP contribution in [0.25, 0.3) is 0 Å². The van der Waals surface area contributed by atoms with Gasteiger partial charge in [-0.15, -0.1) is 6.58 Å². The molecule has 1 heterocycles. The summed E-state index contributed by atoms with van der Waals surface area (Å²) in [6, 6.07) is -1.05. The van der Waals surface area contributed by atoms with Crippen molar-refractivity contribution in [3.63, 3.8) is 0 Å². The number of rotatable bonds is 6. The highest BCUT2D eigenvalue weighted by Gasteiger charge is 2.48. The van der Waals surface area contributed by atoms with Gasteiger partial charge in [0.15, 0.2) is 0 Å². The fourth-order valence-corrected chi connectivity index (χ4v) is 3.71. The largest absolute Gasteiger partial charge is 0.458 e. The van der Waals surface area contributed by atoms with Crippen LogP contribution in [-0.2, 0) is 19.0 Å². The van der Waals surface area contributed by atoms with E-state index in [9.17, 15) is 14.4 Å². The number of hydrogen-bond donors (Lipinski definition) is 0. The van der Waals surface area contributed by atoms with Crippen molar-refractivity contribution < 1.29 is 28.6 Å². The molecule has 0 spiro atoms. The molecule has 0 radical (unpaired) electrons. The number of likely N-dealkylation sites (tertiary alicyclic amines) is 1. The minimum Gasteiger partial charge on any atom is -0.458 e. The summed E-state index contributed by atoms with van der Waals surface area (Å²) < 4.78 is 16.5.